The van der Waals surface area contributed by atoms with Gasteiger partial charge >= 0.3 is 0 Å². The smallest absolute Gasteiger partial charge is 0.221 e. The first kappa shape index (κ1) is 21.6. The topological polar surface area (TPSA) is 50.0 Å². The van der Waals surface area contributed by atoms with Gasteiger partial charge in [0.25, 0.3) is 0 Å². The highest BCUT2D eigenvalue weighted by atomic mass is 35.5. The zero-order chi connectivity index (χ0) is 20.7. The Balaban J connectivity index is 0.00000256. The predicted molar refractivity (Wildman–Crippen MR) is 113 cm³/mol. The van der Waals surface area contributed by atoms with Gasteiger partial charge in [-0.3, -0.25) is 0 Å². The van der Waals surface area contributed by atoms with Crippen LogP contribution in [0.4, 0.5) is 0 Å². The Morgan fingerprint density at radius 3 is 1.83 bits per heavy atom. The summed E-state index contributed by atoms with van der Waals surface area (Å²) in [6, 6.07) is 10.1. The second-order valence-electron chi connectivity index (χ2n) is 6.74. The summed E-state index contributed by atoms with van der Waals surface area (Å²) in [5, 5.41) is 5.12. The fraction of sp³-hybridized carbons (Fsp3) is 0.261. The number of pyridine rings is 1. The van der Waals surface area contributed by atoms with Gasteiger partial charge in [-0.1, -0.05) is 6.07 Å². The summed E-state index contributed by atoms with van der Waals surface area (Å²) >= 11 is 0. The van der Waals surface area contributed by atoms with Gasteiger partial charge in [0.15, 0.2) is 29.2 Å². The van der Waals surface area contributed by atoms with E-state index in [0.29, 0.717) is 28.7 Å². The summed E-state index contributed by atoms with van der Waals surface area (Å²) in [6.45, 7) is 0. The van der Waals surface area contributed by atoms with Crippen LogP contribution in [0.15, 0.2) is 36.5 Å². The van der Waals surface area contributed by atoms with Gasteiger partial charge in [0.1, 0.15) is 7.05 Å². The maximum absolute atomic E-state index is 5.77. The minimum atomic E-state index is 0. The van der Waals surface area contributed by atoms with E-state index in [-0.39, 0.29) is 12.4 Å². The van der Waals surface area contributed by atoms with Crippen LogP contribution in [0.3, 0.4) is 0 Å². The lowest BCUT2D eigenvalue weighted by molar-refractivity contribution is -0.642. The number of nitrogens with zero attached hydrogens (tertiary/aromatic N) is 1. The Labute approximate surface area is 181 Å². The lowest BCUT2D eigenvalue weighted by Crippen LogP contribution is -3.00. The monoisotopic (exact) mass is 429 g/mol. The average Bonchev–Trinajstić information content (AvgIpc) is 2.75. The third-order valence-electron chi connectivity index (χ3n) is 5.31. The van der Waals surface area contributed by atoms with Gasteiger partial charge in [-0.25, -0.2) is 0 Å². The third kappa shape index (κ3) is 3.08. The number of aromatic nitrogens is 1. The fourth-order valence-corrected chi connectivity index (χ4v) is 4.04. The van der Waals surface area contributed by atoms with Gasteiger partial charge in [0, 0.05) is 5.39 Å². The first-order valence-corrected chi connectivity index (χ1v) is 9.17. The zero-order valence-corrected chi connectivity index (χ0v) is 18.6. The number of fused-ring (bicyclic) bond motifs is 5. The van der Waals surface area contributed by atoms with Gasteiger partial charge in [0.2, 0.25) is 11.3 Å². The molecule has 7 heteroatoms. The molecule has 0 aliphatic carbocycles. The van der Waals surface area contributed by atoms with Gasteiger partial charge in [-0.15, -0.1) is 0 Å². The highest BCUT2D eigenvalue weighted by Crippen LogP contribution is 2.46. The molecule has 158 valence electrons. The Bertz CT molecular complexity index is 1260. The standard InChI is InChI=1S/C23H24NO5.ClH/c1-24-12-14-10-19(27-4)22(28-5)23(29-6)20(14)15-8-7-13-9-17(25-2)18(26-3)11-16(13)21(15)24;/h7-12H,1-6H3;1H/q+1;/p-1. The number of aryl methyl sites for hydroxylation is 1. The number of methoxy groups -OCH3 is 5. The van der Waals surface area contributed by atoms with Gasteiger partial charge in [-0.05, 0) is 29.7 Å². The Kier molecular flexibility index (Phi) is 5.99. The number of halogens is 1. The molecular weight excluding hydrogens is 406 g/mol. The van der Waals surface area contributed by atoms with Crippen LogP contribution in [0.25, 0.3) is 32.4 Å². The van der Waals surface area contributed by atoms with Crippen molar-refractivity contribution < 1.29 is 40.7 Å². The van der Waals surface area contributed by atoms with Crippen molar-refractivity contribution in [1.82, 2.24) is 0 Å². The molecule has 4 aromatic rings. The Hall–Kier alpha value is -3.12. The summed E-state index contributed by atoms with van der Waals surface area (Å²) < 4.78 is 30.0. The number of hydrogen-bond donors (Lipinski definition) is 0. The summed E-state index contributed by atoms with van der Waals surface area (Å²) in [5.74, 6) is 3.24. The number of ether oxygens (including phenoxy) is 5. The van der Waals surface area contributed by atoms with Gasteiger partial charge < -0.3 is 36.1 Å². The Morgan fingerprint density at radius 2 is 1.23 bits per heavy atom. The van der Waals surface area contributed by atoms with Crippen LogP contribution in [-0.2, 0) is 7.05 Å². The molecule has 1 aromatic heterocycles. The number of benzene rings is 3. The van der Waals surface area contributed by atoms with E-state index >= 15 is 0 Å². The lowest BCUT2D eigenvalue weighted by atomic mass is 9.99. The maximum Gasteiger partial charge on any atom is 0.221 e. The SMILES string of the molecule is COc1cc2ccc3c4c(OC)c(OC)c(OC)cc4c[n+](C)c3c2cc1OC.[Cl-]. The molecule has 0 N–H and O–H groups in total. The largest absolute Gasteiger partial charge is 1.00 e. The van der Waals surface area contributed by atoms with E-state index in [4.69, 9.17) is 23.7 Å². The molecule has 0 spiro atoms. The van der Waals surface area contributed by atoms with Crippen molar-refractivity contribution in [2.24, 2.45) is 7.05 Å². The maximum atomic E-state index is 5.77. The summed E-state index contributed by atoms with van der Waals surface area (Å²) in [7, 11) is 10.2. The van der Waals surface area contributed by atoms with Gasteiger partial charge in [0.05, 0.1) is 51.7 Å². The molecule has 30 heavy (non-hydrogen) atoms. The molecule has 0 unspecified atom stereocenters. The van der Waals surface area contributed by atoms with Crippen LogP contribution in [-0.4, -0.2) is 35.5 Å². The first-order chi connectivity index (χ1) is 14.1. The molecule has 1 heterocycles. The van der Waals surface area contributed by atoms with Crippen LogP contribution in [0, 0.1) is 0 Å². The van der Waals surface area contributed by atoms with Crippen molar-refractivity contribution in [3.05, 3.63) is 36.5 Å². The highest BCUT2D eigenvalue weighted by Gasteiger charge is 2.23. The minimum Gasteiger partial charge on any atom is -1.00 e. The predicted octanol–water partition coefficient (Wildman–Crippen LogP) is 1.02. The molecule has 0 saturated carbocycles. The van der Waals surface area contributed by atoms with Crippen LogP contribution in [0.1, 0.15) is 0 Å². The van der Waals surface area contributed by atoms with Crippen LogP contribution >= 0.6 is 0 Å². The molecule has 0 amide bonds. The Morgan fingerprint density at radius 1 is 0.633 bits per heavy atom. The molecule has 0 bridgehead atoms. The van der Waals surface area contributed by atoms with Gasteiger partial charge in [-0.2, -0.15) is 4.57 Å². The molecule has 0 aliphatic rings. The lowest BCUT2D eigenvalue weighted by Gasteiger charge is -2.16. The zero-order valence-electron chi connectivity index (χ0n) is 17.8. The quantitative estimate of drug-likeness (QED) is 0.350. The van der Waals surface area contributed by atoms with E-state index in [2.05, 4.69) is 22.9 Å². The molecule has 3 aromatic carbocycles. The molecule has 4 rings (SSSR count). The van der Waals surface area contributed by atoms with E-state index in [1.807, 2.05) is 25.2 Å². The van der Waals surface area contributed by atoms with E-state index in [0.717, 1.165) is 32.4 Å². The minimum absolute atomic E-state index is 0. The second-order valence-corrected chi connectivity index (χ2v) is 6.74. The van der Waals surface area contributed by atoms with Crippen molar-refractivity contribution in [3.8, 4) is 28.7 Å². The van der Waals surface area contributed by atoms with Crippen molar-refractivity contribution in [2.45, 2.75) is 0 Å². The van der Waals surface area contributed by atoms with E-state index < -0.39 is 0 Å². The van der Waals surface area contributed by atoms with Crippen LogP contribution < -0.4 is 40.7 Å². The molecule has 0 atom stereocenters. The first-order valence-electron chi connectivity index (χ1n) is 9.17. The molecule has 0 radical (unpaired) electrons. The highest BCUT2D eigenvalue weighted by molar-refractivity contribution is 6.16. The molecule has 0 saturated heterocycles. The van der Waals surface area contributed by atoms with Crippen molar-refractivity contribution >= 4 is 32.4 Å². The van der Waals surface area contributed by atoms with E-state index in [1.54, 1.807) is 35.5 Å². The molecule has 6 nitrogen and oxygen atoms in total. The summed E-state index contributed by atoms with van der Waals surface area (Å²) in [4.78, 5) is 0. The second kappa shape index (κ2) is 8.32. The van der Waals surface area contributed by atoms with Crippen molar-refractivity contribution in [2.75, 3.05) is 35.5 Å². The van der Waals surface area contributed by atoms with E-state index in [1.165, 1.54) is 0 Å². The fourth-order valence-electron chi connectivity index (χ4n) is 4.04. The average molecular weight is 430 g/mol. The summed E-state index contributed by atoms with van der Waals surface area (Å²) in [6.07, 6.45) is 2.07. The van der Waals surface area contributed by atoms with Crippen molar-refractivity contribution in [1.29, 1.82) is 0 Å². The molecular formula is C23H24ClNO5. The summed E-state index contributed by atoms with van der Waals surface area (Å²) in [5.41, 5.74) is 1.06. The number of rotatable bonds is 5. The number of hydrogen-bond acceptors (Lipinski definition) is 5. The van der Waals surface area contributed by atoms with Crippen LogP contribution in [0.2, 0.25) is 0 Å². The molecule has 0 aliphatic heterocycles. The van der Waals surface area contributed by atoms with Crippen molar-refractivity contribution in [3.63, 3.8) is 0 Å². The normalized spacial score (nSPS) is 10.7. The van der Waals surface area contributed by atoms with Crippen LogP contribution in [0.5, 0.6) is 28.7 Å². The van der Waals surface area contributed by atoms with E-state index in [9.17, 15) is 0 Å². The molecule has 0 fully saturated rings. The third-order valence-corrected chi connectivity index (χ3v) is 5.31.